The molecular weight excluding hydrogens is 248 g/mol. The fourth-order valence-electron chi connectivity index (χ4n) is 3.03. The van der Waals surface area contributed by atoms with Gasteiger partial charge in [-0.15, -0.1) is 0 Å². The van der Waals surface area contributed by atoms with E-state index in [1.54, 1.807) is 0 Å². The molecule has 2 N–H and O–H groups in total. The SMILES string of the molecule is CCCOc1ccc(C(C)N2CC(C)CC(N)C2)cc1. The summed E-state index contributed by atoms with van der Waals surface area (Å²) in [5.74, 6) is 1.65. The Bertz CT molecular complexity index is 394. The van der Waals surface area contributed by atoms with Crippen molar-refractivity contribution < 1.29 is 4.74 Å². The van der Waals surface area contributed by atoms with Crippen LogP contribution in [-0.2, 0) is 0 Å². The van der Waals surface area contributed by atoms with Gasteiger partial charge in [0.2, 0.25) is 0 Å². The number of rotatable bonds is 5. The maximum absolute atomic E-state index is 6.15. The average Bonchev–Trinajstić information content (AvgIpc) is 2.44. The zero-order valence-electron chi connectivity index (χ0n) is 13.0. The Morgan fingerprint density at radius 3 is 2.60 bits per heavy atom. The number of hydrogen-bond acceptors (Lipinski definition) is 3. The van der Waals surface area contributed by atoms with Gasteiger partial charge in [0.05, 0.1) is 6.61 Å². The van der Waals surface area contributed by atoms with E-state index in [2.05, 4.69) is 49.9 Å². The Kier molecular flexibility index (Phi) is 5.44. The standard InChI is InChI=1S/C17H28N2O/c1-4-9-20-17-7-5-15(6-8-17)14(3)19-11-13(2)10-16(18)12-19/h5-8,13-14,16H,4,9-12,18H2,1-3H3. The van der Waals surface area contributed by atoms with Crippen molar-refractivity contribution in [1.82, 2.24) is 4.90 Å². The van der Waals surface area contributed by atoms with Gasteiger partial charge in [0.1, 0.15) is 5.75 Å². The zero-order chi connectivity index (χ0) is 14.5. The van der Waals surface area contributed by atoms with Crippen LogP contribution in [0.3, 0.4) is 0 Å². The summed E-state index contributed by atoms with van der Waals surface area (Å²) in [7, 11) is 0. The van der Waals surface area contributed by atoms with Crippen LogP contribution >= 0.6 is 0 Å². The van der Waals surface area contributed by atoms with E-state index in [1.807, 2.05) is 0 Å². The molecule has 0 bridgehead atoms. The summed E-state index contributed by atoms with van der Waals surface area (Å²) in [5, 5.41) is 0. The maximum Gasteiger partial charge on any atom is 0.119 e. The van der Waals surface area contributed by atoms with E-state index in [9.17, 15) is 0 Å². The highest BCUT2D eigenvalue weighted by Gasteiger charge is 2.26. The molecule has 1 aromatic carbocycles. The monoisotopic (exact) mass is 276 g/mol. The predicted molar refractivity (Wildman–Crippen MR) is 84.0 cm³/mol. The van der Waals surface area contributed by atoms with Gasteiger partial charge in [-0.05, 0) is 43.4 Å². The van der Waals surface area contributed by atoms with Crippen LogP contribution in [0.1, 0.15) is 45.2 Å². The van der Waals surface area contributed by atoms with Crippen molar-refractivity contribution in [3.05, 3.63) is 29.8 Å². The summed E-state index contributed by atoms with van der Waals surface area (Å²) < 4.78 is 5.64. The van der Waals surface area contributed by atoms with Gasteiger partial charge >= 0.3 is 0 Å². The lowest BCUT2D eigenvalue weighted by atomic mass is 9.94. The van der Waals surface area contributed by atoms with Crippen molar-refractivity contribution >= 4 is 0 Å². The molecule has 1 aliphatic rings. The average molecular weight is 276 g/mol. The van der Waals surface area contributed by atoms with E-state index in [0.29, 0.717) is 18.0 Å². The summed E-state index contributed by atoms with van der Waals surface area (Å²) in [5.41, 5.74) is 7.49. The van der Waals surface area contributed by atoms with Crippen LogP contribution < -0.4 is 10.5 Å². The quantitative estimate of drug-likeness (QED) is 0.897. The lowest BCUT2D eigenvalue weighted by molar-refractivity contribution is 0.124. The zero-order valence-corrected chi connectivity index (χ0v) is 13.0. The second kappa shape index (κ2) is 7.09. The molecule has 2 rings (SSSR count). The van der Waals surface area contributed by atoms with Crippen molar-refractivity contribution in [3.8, 4) is 5.75 Å². The molecule has 1 aromatic rings. The first-order valence-electron chi connectivity index (χ1n) is 7.82. The fourth-order valence-corrected chi connectivity index (χ4v) is 3.03. The van der Waals surface area contributed by atoms with Gasteiger partial charge in [-0.1, -0.05) is 26.0 Å². The highest BCUT2D eigenvalue weighted by molar-refractivity contribution is 5.29. The molecule has 1 heterocycles. The van der Waals surface area contributed by atoms with Gasteiger partial charge in [0.25, 0.3) is 0 Å². The van der Waals surface area contributed by atoms with Crippen molar-refractivity contribution in [2.75, 3.05) is 19.7 Å². The van der Waals surface area contributed by atoms with Gasteiger partial charge in [0, 0.05) is 25.2 Å². The lowest BCUT2D eigenvalue weighted by Gasteiger charge is -2.38. The van der Waals surface area contributed by atoms with Crippen LogP contribution in [0.15, 0.2) is 24.3 Å². The highest BCUT2D eigenvalue weighted by Crippen LogP contribution is 2.27. The molecule has 0 spiro atoms. The number of hydrogen-bond donors (Lipinski definition) is 1. The van der Waals surface area contributed by atoms with E-state index < -0.39 is 0 Å². The van der Waals surface area contributed by atoms with Crippen LogP contribution in [-0.4, -0.2) is 30.6 Å². The Balaban J connectivity index is 1.99. The summed E-state index contributed by atoms with van der Waals surface area (Å²) >= 11 is 0. The first-order valence-corrected chi connectivity index (χ1v) is 7.82. The van der Waals surface area contributed by atoms with Crippen molar-refractivity contribution in [1.29, 1.82) is 0 Å². The van der Waals surface area contributed by atoms with Crippen molar-refractivity contribution in [2.24, 2.45) is 11.7 Å². The van der Waals surface area contributed by atoms with Crippen LogP contribution in [0.25, 0.3) is 0 Å². The predicted octanol–water partition coefficient (Wildman–Crippen LogP) is 3.21. The number of likely N-dealkylation sites (tertiary alicyclic amines) is 1. The Hall–Kier alpha value is -1.06. The van der Waals surface area contributed by atoms with Crippen molar-refractivity contribution in [3.63, 3.8) is 0 Å². The molecule has 3 nitrogen and oxygen atoms in total. The van der Waals surface area contributed by atoms with Gasteiger partial charge < -0.3 is 10.5 Å². The first-order chi connectivity index (χ1) is 9.60. The largest absolute Gasteiger partial charge is 0.494 e. The topological polar surface area (TPSA) is 38.5 Å². The van der Waals surface area contributed by atoms with E-state index in [0.717, 1.165) is 38.3 Å². The van der Waals surface area contributed by atoms with E-state index in [-0.39, 0.29) is 0 Å². The molecule has 20 heavy (non-hydrogen) atoms. The Morgan fingerprint density at radius 2 is 2.00 bits per heavy atom. The summed E-state index contributed by atoms with van der Waals surface area (Å²) in [6.07, 6.45) is 2.19. The molecule has 0 amide bonds. The number of piperidine rings is 1. The molecular formula is C17H28N2O. The highest BCUT2D eigenvalue weighted by atomic mass is 16.5. The second-order valence-electron chi connectivity index (χ2n) is 6.15. The molecule has 0 saturated carbocycles. The number of ether oxygens (including phenoxy) is 1. The van der Waals surface area contributed by atoms with E-state index >= 15 is 0 Å². The van der Waals surface area contributed by atoms with Gasteiger partial charge in [-0.25, -0.2) is 0 Å². The van der Waals surface area contributed by atoms with Crippen LogP contribution in [0.4, 0.5) is 0 Å². The summed E-state index contributed by atoms with van der Waals surface area (Å²) in [4.78, 5) is 2.50. The molecule has 0 radical (unpaired) electrons. The van der Waals surface area contributed by atoms with Crippen molar-refractivity contribution in [2.45, 2.75) is 45.7 Å². The van der Waals surface area contributed by atoms with Gasteiger partial charge in [-0.3, -0.25) is 4.90 Å². The second-order valence-corrected chi connectivity index (χ2v) is 6.15. The Labute approximate surface area is 123 Å². The maximum atomic E-state index is 6.15. The molecule has 112 valence electrons. The molecule has 0 aliphatic carbocycles. The molecule has 3 unspecified atom stereocenters. The van der Waals surface area contributed by atoms with E-state index in [1.165, 1.54) is 5.56 Å². The third-order valence-electron chi connectivity index (χ3n) is 4.10. The fraction of sp³-hybridized carbons (Fsp3) is 0.647. The van der Waals surface area contributed by atoms with Gasteiger partial charge in [0.15, 0.2) is 0 Å². The number of nitrogens with two attached hydrogens (primary N) is 1. The van der Waals surface area contributed by atoms with Gasteiger partial charge in [-0.2, -0.15) is 0 Å². The minimum Gasteiger partial charge on any atom is -0.494 e. The van der Waals surface area contributed by atoms with Crippen LogP contribution in [0.5, 0.6) is 5.75 Å². The lowest BCUT2D eigenvalue weighted by Crippen LogP contribution is -2.47. The smallest absolute Gasteiger partial charge is 0.119 e. The van der Waals surface area contributed by atoms with Crippen LogP contribution in [0, 0.1) is 5.92 Å². The molecule has 1 aliphatic heterocycles. The summed E-state index contributed by atoms with van der Waals surface area (Å²) in [6, 6.07) is 9.25. The number of benzene rings is 1. The normalized spacial score (nSPS) is 25.4. The first kappa shape index (κ1) is 15.3. The molecule has 1 saturated heterocycles. The minimum atomic E-state index is 0.313. The summed E-state index contributed by atoms with van der Waals surface area (Å²) in [6.45, 7) is 9.61. The third kappa shape index (κ3) is 3.97. The van der Waals surface area contributed by atoms with E-state index in [4.69, 9.17) is 10.5 Å². The molecule has 3 atom stereocenters. The van der Waals surface area contributed by atoms with Crippen LogP contribution in [0.2, 0.25) is 0 Å². The third-order valence-corrected chi connectivity index (χ3v) is 4.10. The Morgan fingerprint density at radius 1 is 1.30 bits per heavy atom. The molecule has 3 heteroatoms. The molecule has 0 aromatic heterocycles. The minimum absolute atomic E-state index is 0.313. The number of nitrogens with zero attached hydrogens (tertiary/aromatic N) is 1. The molecule has 1 fully saturated rings.